The van der Waals surface area contributed by atoms with E-state index in [0.29, 0.717) is 4.47 Å². The highest BCUT2D eigenvalue weighted by Gasteiger charge is 2.13. The zero-order chi connectivity index (χ0) is 10.7. The lowest BCUT2D eigenvalue weighted by atomic mass is 10.3. The molecule has 0 aliphatic heterocycles. The van der Waals surface area contributed by atoms with Gasteiger partial charge in [0.2, 0.25) is 0 Å². The maximum Gasteiger partial charge on any atom is 0.341 e. The molecule has 14 heavy (non-hydrogen) atoms. The summed E-state index contributed by atoms with van der Waals surface area (Å²) in [5, 5.41) is 8.21. The first-order valence-corrected chi connectivity index (χ1v) is 4.67. The van der Waals surface area contributed by atoms with Crippen LogP contribution in [0.5, 0.6) is 5.75 Å². The Kier molecular flexibility index (Phi) is 3.71. The Morgan fingerprint density at radius 2 is 2.29 bits per heavy atom. The normalized spacial score (nSPS) is 9.93. The lowest BCUT2D eigenvalue weighted by molar-refractivity contribution is -0.139. The molecule has 1 aromatic rings. The van der Waals surface area contributed by atoms with Crippen LogP contribution in [0.4, 0.5) is 4.39 Å². The minimum atomic E-state index is -1.18. The molecule has 0 saturated carbocycles. The second kappa shape index (κ2) is 4.61. The Labute approximate surface area is 92.6 Å². The van der Waals surface area contributed by atoms with Gasteiger partial charge in [-0.25, -0.2) is 9.18 Å². The summed E-state index contributed by atoms with van der Waals surface area (Å²) in [6.45, 7) is -0.615. The molecule has 1 N–H and O–H groups in total. The molecule has 0 unspecified atom stereocenters. The second-order valence-electron chi connectivity index (χ2n) is 2.35. The molecule has 0 spiro atoms. The smallest absolute Gasteiger partial charge is 0.341 e. The molecule has 3 nitrogen and oxygen atoms in total. The van der Waals surface area contributed by atoms with Crippen LogP contribution >= 0.6 is 27.5 Å². The molecule has 1 aromatic carbocycles. The molecule has 0 aromatic heterocycles. The fourth-order valence-corrected chi connectivity index (χ4v) is 1.34. The first-order chi connectivity index (χ1) is 6.52. The van der Waals surface area contributed by atoms with Gasteiger partial charge in [0.25, 0.3) is 0 Å². The second-order valence-corrected chi connectivity index (χ2v) is 3.62. The van der Waals surface area contributed by atoms with Gasteiger partial charge >= 0.3 is 5.97 Å². The molecular formula is C8H5BrClFO3. The number of carbonyl (C=O) groups is 1. The molecule has 0 heterocycles. The molecular weight excluding hydrogens is 278 g/mol. The summed E-state index contributed by atoms with van der Waals surface area (Å²) in [5.41, 5.74) is 0. The van der Waals surface area contributed by atoms with Gasteiger partial charge in [-0.05, 0) is 28.1 Å². The topological polar surface area (TPSA) is 46.5 Å². The largest absolute Gasteiger partial charge is 0.479 e. The average Bonchev–Trinajstić information content (AvgIpc) is 2.11. The standard InChI is InChI=1S/C8H5BrClFO3/c9-4-1-2-5(10)7(11)8(4)14-3-6(12)13/h1-2H,3H2,(H,12,13). The Morgan fingerprint density at radius 1 is 1.64 bits per heavy atom. The van der Waals surface area contributed by atoms with Crippen molar-refractivity contribution in [3.63, 3.8) is 0 Å². The van der Waals surface area contributed by atoms with E-state index in [1.165, 1.54) is 12.1 Å². The minimum absolute atomic E-state index is 0.117. The minimum Gasteiger partial charge on any atom is -0.479 e. The third kappa shape index (κ3) is 2.59. The van der Waals surface area contributed by atoms with Crippen LogP contribution in [-0.4, -0.2) is 17.7 Å². The van der Waals surface area contributed by atoms with Crippen LogP contribution in [0.2, 0.25) is 5.02 Å². The summed E-state index contributed by atoms with van der Waals surface area (Å²) in [4.78, 5) is 10.2. The number of carboxylic acids is 1. The molecule has 0 aliphatic rings. The number of benzene rings is 1. The van der Waals surface area contributed by atoms with Crippen LogP contribution in [-0.2, 0) is 4.79 Å². The summed E-state index contributed by atoms with van der Waals surface area (Å²) in [6.07, 6.45) is 0. The first kappa shape index (κ1) is 11.3. The summed E-state index contributed by atoms with van der Waals surface area (Å²) in [5.74, 6) is -2.15. The van der Waals surface area contributed by atoms with Gasteiger partial charge in [-0.3, -0.25) is 0 Å². The van der Waals surface area contributed by atoms with Gasteiger partial charge in [-0.2, -0.15) is 0 Å². The predicted octanol–water partition coefficient (Wildman–Crippen LogP) is 2.71. The van der Waals surface area contributed by atoms with Crippen molar-refractivity contribution in [1.29, 1.82) is 0 Å². The quantitative estimate of drug-likeness (QED) is 0.868. The van der Waals surface area contributed by atoms with Crippen molar-refractivity contribution in [2.45, 2.75) is 0 Å². The van der Waals surface area contributed by atoms with E-state index in [2.05, 4.69) is 15.9 Å². The molecule has 0 bridgehead atoms. The third-order valence-corrected chi connectivity index (χ3v) is 2.26. The maximum absolute atomic E-state index is 13.2. The van der Waals surface area contributed by atoms with Crippen LogP contribution < -0.4 is 4.74 Å². The molecule has 6 heteroatoms. The van der Waals surface area contributed by atoms with Crippen molar-refractivity contribution >= 4 is 33.5 Å². The van der Waals surface area contributed by atoms with Crippen molar-refractivity contribution in [3.05, 3.63) is 27.4 Å². The zero-order valence-electron chi connectivity index (χ0n) is 6.76. The van der Waals surface area contributed by atoms with Gasteiger partial charge in [0.05, 0.1) is 9.50 Å². The lowest BCUT2D eigenvalue weighted by Gasteiger charge is -2.07. The highest BCUT2D eigenvalue weighted by molar-refractivity contribution is 9.10. The fourth-order valence-electron chi connectivity index (χ4n) is 0.775. The maximum atomic E-state index is 13.2. The molecule has 0 fully saturated rings. The van der Waals surface area contributed by atoms with Crippen molar-refractivity contribution in [2.24, 2.45) is 0 Å². The number of aliphatic carboxylic acids is 1. The van der Waals surface area contributed by atoms with E-state index in [4.69, 9.17) is 21.4 Å². The Morgan fingerprint density at radius 3 is 2.86 bits per heavy atom. The van der Waals surface area contributed by atoms with Gasteiger partial charge < -0.3 is 9.84 Å². The third-order valence-electron chi connectivity index (χ3n) is 1.34. The molecule has 76 valence electrons. The monoisotopic (exact) mass is 282 g/mol. The van der Waals surface area contributed by atoms with Crippen LogP contribution in [0, 0.1) is 5.82 Å². The van der Waals surface area contributed by atoms with E-state index in [1.54, 1.807) is 0 Å². The number of hydrogen-bond donors (Lipinski definition) is 1. The van der Waals surface area contributed by atoms with Crippen molar-refractivity contribution in [2.75, 3.05) is 6.61 Å². The molecule has 0 aliphatic carbocycles. The lowest BCUT2D eigenvalue weighted by Crippen LogP contribution is -2.10. The summed E-state index contributed by atoms with van der Waals surface area (Å²) >= 11 is 8.49. The zero-order valence-corrected chi connectivity index (χ0v) is 9.10. The van der Waals surface area contributed by atoms with Gasteiger partial charge in [0, 0.05) is 0 Å². The van der Waals surface area contributed by atoms with Gasteiger partial charge in [-0.1, -0.05) is 11.6 Å². The predicted molar refractivity (Wildman–Crippen MR) is 52.2 cm³/mol. The van der Waals surface area contributed by atoms with Crippen LogP contribution in [0.3, 0.4) is 0 Å². The highest BCUT2D eigenvalue weighted by Crippen LogP contribution is 2.32. The van der Waals surface area contributed by atoms with E-state index in [0.717, 1.165) is 0 Å². The molecule has 0 radical (unpaired) electrons. The van der Waals surface area contributed by atoms with E-state index in [1.807, 2.05) is 0 Å². The van der Waals surface area contributed by atoms with Crippen molar-refractivity contribution in [3.8, 4) is 5.75 Å². The van der Waals surface area contributed by atoms with E-state index < -0.39 is 18.4 Å². The average molecular weight is 283 g/mol. The van der Waals surface area contributed by atoms with E-state index >= 15 is 0 Å². The number of hydrogen-bond acceptors (Lipinski definition) is 2. The van der Waals surface area contributed by atoms with Crippen molar-refractivity contribution in [1.82, 2.24) is 0 Å². The van der Waals surface area contributed by atoms with Gasteiger partial charge in [0.1, 0.15) is 0 Å². The Hall–Kier alpha value is -0.810. The summed E-state index contributed by atoms with van der Waals surface area (Å²) in [7, 11) is 0. The van der Waals surface area contributed by atoms with E-state index in [-0.39, 0.29) is 10.8 Å². The summed E-state index contributed by atoms with van der Waals surface area (Å²) < 4.78 is 18.3. The first-order valence-electron chi connectivity index (χ1n) is 3.50. The molecule has 0 atom stereocenters. The number of carboxylic acid groups (broad SMARTS) is 1. The van der Waals surface area contributed by atoms with Crippen molar-refractivity contribution < 1.29 is 19.0 Å². The Bertz CT molecular complexity index is 370. The Balaban J connectivity index is 2.95. The fraction of sp³-hybridized carbons (Fsp3) is 0.125. The van der Waals surface area contributed by atoms with Crippen LogP contribution in [0.25, 0.3) is 0 Å². The van der Waals surface area contributed by atoms with Crippen LogP contribution in [0.1, 0.15) is 0 Å². The number of rotatable bonds is 3. The van der Waals surface area contributed by atoms with Gasteiger partial charge in [0.15, 0.2) is 18.2 Å². The number of halogens is 3. The van der Waals surface area contributed by atoms with E-state index in [9.17, 15) is 9.18 Å². The summed E-state index contributed by atoms with van der Waals surface area (Å²) in [6, 6.07) is 2.82. The molecule has 0 amide bonds. The highest BCUT2D eigenvalue weighted by atomic mass is 79.9. The SMILES string of the molecule is O=C(O)COc1c(Br)ccc(Cl)c1F. The number of ether oxygens (including phenoxy) is 1. The molecule has 1 rings (SSSR count). The molecule has 0 saturated heterocycles. The van der Waals surface area contributed by atoms with Gasteiger partial charge in [-0.15, -0.1) is 0 Å². The van der Waals surface area contributed by atoms with Crippen LogP contribution in [0.15, 0.2) is 16.6 Å².